The van der Waals surface area contributed by atoms with Gasteiger partial charge in [-0.3, -0.25) is 14.4 Å². The first-order valence-corrected chi connectivity index (χ1v) is 10.1. The molecule has 3 N–H and O–H groups in total. The molecule has 0 saturated carbocycles. The third kappa shape index (κ3) is 5.62. The van der Waals surface area contributed by atoms with Crippen molar-refractivity contribution in [3.63, 3.8) is 0 Å². The predicted molar refractivity (Wildman–Crippen MR) is 124 cm³/mol. The lowest BCUT2D eigenvalue weighted by atomic mass is 10.1. The van der Waals surface area contributed by atoms with Crippen LogP contribution in [0, 0.1) is 0 Å². The third-order valence-corrected chi connectivity index (χ3v) is 4.92. The number of hydrogen-bond acceptors (Lipinski definition) is 5. The minimum atomic E-state index is -1.14. The minimum absolute atomic E-state index is 0.0516. The van der Waals surface area contributed by atoms with E-state index < -0.39 is 23.9 Å². The molecule has 0 aliphatic rings. The molecule has 3 aromatic carbocycles. The summed E-state index contributed by atoms with van der Waals surface area (Å²) >= 11 is 0. The number of primary amides is 1. The molecule has 0 aromatic heterocycles. The molecule has 3 aromatic rings. The van der Waals surface area contributed by atoms with Crippen LogP contribution in [0.1, 0.15) is 38.0 Å². The van der Waals surface area contributed by atoms with E-state index in [1.807, 2.05) is 6.07 Å². The molecule has 3 rings (SSSR count). The number of para-hydroxylation sites is 1. The van der Waals surface area contributed by atoms with Crippen LogP contribution in [0.15, 0.2) is 78.9 Å². The van der Waals surface area contributed by atoms with Gasteiger partial charge in [0.05, 0.1) is 11.1 Å². The first-order valence-electron chi connectivity index (χ1n) is 10.1. The summed E-state index contributed by atoms with van der Waals surface area (Å²) in [5.41, 5.74) is 6.78. The van der Waals surface area contributed by atoms with Gasteiger partial charge in [-0.1, -0.05) is 30.3 Å². The molecule has 0 fully saturated rings. The number of carbonyl (C=O) groups excluding carboxylic acids is 4. The fourth-order valence-corrected chi connectivity index (χ4v) is 3.04. The van der Waals surface area contributed by atoms with E-state index >= 15 is 0 Å². The molecule has 0 saturated heterocycles. The molecule has 1 atom stereocenters. The van der Waals surface area contributed by atoms with Gasteiger partial charge in [0.15, 0.2) is 6.10 Å². The van der Waals surface area contributed by atoms with Gasteiger partial charge in [-0.15, -0.1) is 0 Å². The molecule has 0 aliphatic carbocycles. The largest absolute Gasteiger partial charge is 0.449 e. The van der Waals surface area contributed by atoms with E-state index in [1.54, 1.807) is 43.4 Å². The van der Waals surface area contributed by atoms with Crippen LogP contribution >= 0.6 is 0 Å². The zero-order valence-corrected chi connectivity index (χ0v) is 18.1. The van der Waals surface area contributed by atoms with Gasteiger partial charge in [0.2, 0.25) is 5.91 Å². The number of hydrogen-bond donors (Lipinski definition) is 2. The number of rotatable bonds is 7. The van der Waals surface area contributed by atoms with Crippen molar-refractivity contribution < 1.29 is 23.9 Å². The van der Waals surface area contributed by atoms with Crippen molar-refractivity contribution in [2.24, 2.45) is 5.73 Å². The molecule has 0 heterocycles. The second-order valence-corrected chi connectivity index (χ2v) is 7.22. The molecule has 8 heteroatoms. The van der Waals surface area contributed by atoms with Gasteiger partial charge >= 0.3 is 5.97 Å². The Morgan fingerprint density at radius 1 is 0.848 bits per heavy atom. The van der Waals surface area contributed by atoms with Crippen LogP contribution in [0.25, 0.3) is 0 Å². The normalized spacial score (nSPS) is 11.2. The van der Waals surface area contributed by atoms with E-state index in [0.29, 0.717) is 16.9 Å². The molecular formula is C25H23N3O5. The number of carbonyl (C=O) groups is 4. The molecule has 0 radical (unpaired) electrons. The highest BCUT2D eigenvalue weighted by Crippen LogP contribution is 2.19. The number of amides is 3. The molecular weight excluding hydrogens is 422 g/mol. The summed E-state index contributed by atoms with van der Waals surface area (Å²) < 4.78 is 5.31. The summed E-state index contributed by atoms with van der Waals surface area (Å²) in [6.45, 7) is 1.42. The van der Waals surface area contributed by atoms with Crippen LogP contribution < -0.4 is 16.0 Å². The Morgan fingerprint density at radius 3 is 2.03 bits per heavy atom. The van der Waals surface area contributed by atoms with Gasteiger partial charge in [0, 0.05) is 24.0 Å². The maximum atomic E-state index is 13.0. The zero-order valence-electron chi connectivity index (χ0n) is 18.1. The van der Waals surface area contributed by atoms with Crippen molar-refractivity contribution in [2.75, 3.05) is 17.3 Å². The molecule has 8 nitrogen and oxygen atoms in total. The Bertz CT molecular complexity index is 1180. The Morgan fingerprint density at radius 2 is 1.42 bits per heavy atom. The number of benzene rings is 3. The van der Waals surface area contributed by atoms with Gasteiger partial charge in [-0.05, 0) is 55.5 Å². The summed E-state index contributed by atoms with van der Waals surface area (Å²) in [5, 5.41) is 2.60. The minimum Gasteiger partial charge on any atom is -0.449 e. The maximum absolute atomic E-state index is 13.0. The van der Waals surface area contributed by atoms with Crippen molar-refractivity contribution in [3.8, 4) is 0 Å². The Labute approximate surface area is 191 Å². The quantitative estimate of drug-likeness (QED) is 0.541. The first kappa shape index (κ1) is 23.2. The number of nitrogens with zero attached hydrogens (tertiary/aromatic N) is 1. The van der Waals surface area contributed by atoms with Crippen molar-refractivity contribution >= 4 is 35.1 Å². The SMILES string of the molecule is C[C@H](OC(=O)c1ccccc1C(=O)N(C)c1ccccc1)C(=O)Nc1ccc(C(N)=O)cc1. The smallest absolute Gasteiger partial charge is 0.339 e. The highest BCUT2D eigenvalue weighted by atomic mass is 16.5. The molecule has 168 valence electrons. The number of nitrogens with two attached hydrogens (primary N) is 1. The van der Waals surface area contributed by atoms with Crippen LogP contribution in [-0.4, -0.2) is 36.8 Å². The highest BCUT2D eigenvalue weighted by molar-refractivity contribution is 6.12. The summed E-state index contributed by atoms with van der Waals surface area (Å²) in [7, 11) is 1.61. The lowest BCUT2D eigenvalue weighted by Crippen LogP contribution is -2.32. The summed E-state index contributed by atoms with van der Waals surface area (Å²) in [6, 6.07) is 21.2. The molecule has 0 bridgehead atoms. The third-order valence-electron chi connectivity index (χ3n) is 4.92. The molecule has 0 aliphatic heterocycles. The average molecular weight is 445 g/mol. The fraction of sp³-hybridized carbons (Fsp3) is 0.120. The number of esters is 1. The second-order valence-electron chi connectivity index (χ2n) is 7.22. The van der Waals surface area contributed by atoms with E-state index in [1.165, 1.54) is 48.2 Å². The van der Waals surface area contributed by atoms with E-state index in [9.17, 15) is 19.2 Å². The van der Waals surface area contributed by atoms with Crippen LogP contribution in [-0.2, 0) is 9.53 Å². The van der Waals surface area contributed by atoms with Gasteiger partial charge in [-0.2, -0.15) is 0 Å². The van der Waals surface area contributed by atoms with Crippen LogP contribution in [0.2, 0.25) is 0 Å². The Hall–Kier alpha value is -4.46. The predicted octanol–water partition coefficient (Wildman–Crippen LogP) is 3.25. The summed E-state index contributed by atoms with van der Waals surface area (Å²) in [6.07, 6.45) is -1.14. The van der Waals surface area contributed by atoms with Gasteiger partial charge in [0.25, 0.3) is 11.8 Å². The number of ether oxygens (including phenoxy) is 1. The van der Waals surface area contributed by atoms with Crippen molar-refractivity contribution in [1.82, 2.24) is 0 Å². The highest BCUT2D eigenvalue weighted by Gasteiger charge is 2.25. The second kappa shape index (κ2) is 10.2. The van der Waals surface area contributed by atoms with Crippen LogP contribution in [0.4, 0.5) is 11.4 Å². The number of anilines is 2. The molecule has 0 unspecified atom stereocenters. The maximum Gasteiger partial charge on any atom is 0.339 e. The van der Waals surface area contributed by atoms with Gasteiger partial charge < -0.3 is 20.7 Å². The number of nitrogens with one attached hydrogen (secondary N) is 1. The summed E-state index contributed by atoms with van der Waals surface area (Å²) in [5.74, 6) is -2.34. The monoisotopic (exact) mass is 445 g/mol. The standard InChI is InChI=1S/C25H23N3O5/c1-16(23(30)27-18-14-12-17(13-15-18)22(26)29)33-25(32)21-11-7-6-10-20(21)24(31)28(2)19-8-4-3-5-9-19/h3-16H,1-2H3,(H2,26,29)(H,27,30)/t16-/m0/s1. The van der Waals surface area contributed by atoms with E-state index in [2.05, 4.69) is 5.32 Å². The lowest BCUT2D eigenvalue weighted by molar-refractivity contribution is -0.123. The topological polar surface area (TPSA) is 119 Å². The zero-order chi connectivity index (χ0) is 24.0. The first-order chi connectivity index (χ1) is 15.8. The lowest BCUT2D eigenvalue weighted by Gasteiger charge is -2.19. The molecule has 0 spiro atoms. The molecule has 33 heavy (non-hydrogen) atoms. The van der Waals surface area contributed by atoms with Crippen molar-refractivity contribution in [2.45, 2.75) is 13.0 Å². The van der Waals surface area contributed by atoms with Crippen molar-refractivity contribution in [1.29, 1.82) is 0 Å². The average Bonchev–Trinajstić information content (AvgIpc) is 2.83. The van der Waals surface area contributed by atoms with Gasteiger partial charge in [-0.25, -0.2) is 4.79 Å². The molecule has 3 amide bonds. The van der Waals surface area contributed by atoms with E-state index in [4.69, 9.17) is 10.5 Å². The van der Waals surface area contributed by atoms with Crippen LogP contribution in [0.5, 0.6) is 0 Å². The fourth-order valence-electron chi connectivity index (χ4n) is 3.04. The Kier molecular flexibility index (Phi) is 7.20. The van der Waals surface area contributed by atoms with Crippen LogP contribution in [0.3, 0.4) is 0 Å². The summed E-state index contributed by atoms with van der Waals surface area (Å²) in [4.78, 5) is 50.8. The van der Waals surface area contributed by atoms with Gasteiger partial charge in [0.1, 0.15) is 0 Å². The van der Waals surface area contributed by atoms with E-state index in [0.717, 1.165) is 0 Å². The van der Waals surface area contributed by atoms with Crippen molar-refractivity contribution in [3.05, 3.63) is 95.6 Å². The van der Waals surface area contributed by atoms with E-state index in [-0.39, 0.29) is 17.0 Å². The Balaban J connectivity index is 1.70.